The topological polar surface area (TPSA) is 88.1 Å². The largest absolute Gasteiger partial charge is 0.488 e. The van der Waals surface area contributed by atoms with Crippen LogP contribution in [0.2, 0.25) is 5.02 Å². The van der Waals surface area contributed by atoms with Crippen molar-refractivity contribution >= 4 is 17.5 Å². The van der Waals surface area contributed by atoms with Crippen LogP contribution in [0.1, 0.15) is 24.1 Å². The Kier molecular flexibility index (Phi) is 6.19. The van der Waals surface area contributed by atoms with E-state index in [0.717, 1.165) is 0 Å². The lowest BCUT2D eigenvalue weighted by atomic mass is 10.0. The summed E-state index contributed by atoms with van der Waals surface area (Å²) < 4.78 is 5.76. The van der Waals surface area contributed by atoms with Crippen LogP contribution in [0.3, 0.4) is 0 Å². The summed E-state index contributed by atoms with van der Waals surface area (Å²) in [6.45, 7) is 2.27. The van der Waals surface area contributed by atoms with Crippen LogP contribution in [0.15, 0.2) is 48.5 Å². The van der Waals surface area contributed by atoms with E-state index in [1.165, 1.54) is 0 Å². The van der Waals surface area contributed by atoms with Gasteiger partial charge in [0.1, 0.15) is 17.9 Å². The Labute approximate surface area is 146 Å². The number of carbonyl (C=O) groups excluding carboxylic acids is 1. The van der Waals surface area contributed by atoms with E-state index >= 15 is 0 Å². The Balaban J connectivity index is 1.99. The molecule has 2 atom stereocenters. The number of nitrogens with two attached hydrogens (primary N) is 1. The van der Waals surface area contributed by atoms with Crippen LogP contribution >= 0.6 is 11.6 Å². The van der Waals surface area contributed by atoms with Crippen molar-refractivity contribution in [3.63, 3.8) is 0 Å². The average molecular weight is 344 g/mol. The summed E-state index contributed by atoms with van der Waals surface area (Å²) >= 11 is 6.06. The molecular weight excluding hydrogens is 326 g/mol. The van der Waals surface area contributed by atoms with E-state index in [9.17, 15) is 4.79 Å². The fourth-order valence-electron chi connectivity index (χ4n) is 2.22. The first kappa shape index (κ1) is 17.8. The first-order valence-electron chi connectivity index (χ1n) is 7.45. The Hall–Kier alpha value is -2.55. The second-order valence-electron chi connectivity index (χ2n) is 5.34. The number of ether oxygens (including phenoxy) is 1. The van der Waals surface area contributed by atoms with Crippen molar-refractivity contribution in [2.24, 2.45) is 5.73 Å². The molecule has 0 fully saturated rings. The molecule has 0 aliphatic carbocycles. The van der Waals surface area contributed by atoms with Gasteiger partial charge in [0.2, 0.25) is 5.91 Å². The number of halogens is 1. The van der Waals surface area contributed by atoms with E-state index in [2.05, 4.69) is 5.32 Å². The highest BCUT2D eigenvalue weighted by atomic mass is 35.5. The molecule has 3 N–H and O–H groups in total. The fraction of sp³-hybridized carbons (Fsp3) is 0.222. The summed E-state index contributed by atoms with van der Waals surface area (Å²) in [5.74, 6) is 0.0899. The van der Waals surface area contributed by atoms with Crippen molar-refractivity contribution in [3.8, 4) is 11.8 Å². The highest BCUT2D eigenvalue weighted by Crippen LogP contribution is 2.24. The van der Waals surface area contributed by atoms with E-state index in [4.69, 9.17) is 27.3 Å². The quantitative estimate of drug-likeness (QED) is 0.809. The summed E-state index contributed by atoms with van der Waals surface area (Å²) in [6, 6.07) is 15.3. The van der Waals surface area contributed by atoms with Gasteiger partial charge in [-0.15, -0.1) is 0 Å². The molecule has 2 aromatic rings. The Morgan fingerprint density at radius 2 is 1.96 bits per heavy atom. The Morgan fingerprint density at radius 3 is 2.54 bits per heavy atom. The van der Waals surface area contributed by atoms with Crippen molar-refractivity contribution in [3.05, 3.63) is 64.7 Å². The SMILES string of the molecule is C[C@H](CN[C@H](C(N)=O)c1ccc(C#N)cc1)Oc1ccccc1Cl. The van der Waals surface area contributed by atoms with Crippen molar-refractivity contribution < 1.29 is 9.53 Å². The zero-order valence-corrected chi connectivity index (χ0v) is 14.0. The molecule has 5 nitrogen and oxygen atoms in total. The molecule has 0 unspecified atom stereocenters. The third-order valence-corrected chi connectivity index (χ3v) is 3.74. The van der Waals surface area contributed by atoms with Crippen LogP contribution in [-0.4, -0.2) is 18.6 Å². The summed E-state index contributed by atoms with van der Waals surface area (Å²) in [5.41, 5.74) is 6.70. The maximum atomic E-state index is 11.7. The predicted molar refractivity (Wildman–Crippen MR) is 92.6 cm³/mol. The maximum Gasteiger partial charge on any atom is 0.239 e. The molecule has 6 heteroatoms. The Bertz CT molecular complexity index is 741. The molecule has 0 bridgehead atoms. The van der Waals surface area contributed by atoms with Crippen molar-refractivity contribution in [1.29, 1.82) is 5.26 Å². The van der Waals surface area contributed by atoms with Gasteiger partial charge in [0.15, 0.2) is 0 Å². The molecule has 2 aromatic carbocycles. The van der Waals surface area contributed by atoms with Crippen LogP contribution in [0.5, 0.6) is 5.75 Å². The molecule has 0 saturated carbocycles. The van der Waals surface area contributed by atoms with Crippen molar-refractivity contribution in [2.75, 3.05) is 6.54 Å². The van der Waals surface area contributed by atoms with E-state index in [1.54, 1.807) is 36.4 Å². The van der Waals surface area contributed by atoms with Gasteiger partial charge in [-0.05, 0) is 36.8 Å². The zero-order valence-electron chi connectivity index (χ0n) is 13.2. The van der Waals surface area contributed by atoms with Gasteiger partial charge in [0, 0.05) is 6.54 Å². The lowest BCUT2D eigenvalue weighted by Crippen LogP contribution is -2.38. The molecule has 124 valence electrons. The summed E-state index contributed by atoms with van der Waals surface area (Å²) in [5, 5.41) is 12.4. The number of nitrogens with one attached hydrogen (secondary N) is 1. The second kappa shape index (κ2) is 8.34. The monoisotopic (exact) mass is 343 g/mol. The molecular formula is C18H18ClN3O2. The van der Waals surface area contributed by atoms with Crippen LogP contribution in [0.25, 0.3) is 0 Å². The molecule has 0 aliphatic rings. The average Bonchev–Trinajstić information content (AvgIpc) is 2.57. The molecule has 0 saturated heterocycles. The van der Waals surface area contributed by atoms with Gasteiger partial charge >= 0.3 is 0 Å². The second-order valence-corrected chi connectivity index (χ2v) is 5.74. The highest BCUT2D eigenvalue weighted by molar-refractivity contribution is 6.32. The minimum Gasteiger partial charge on any atom is -0.488 e. The summed E-state index contributed by atoms with van der Waals surface area (Å²) in [7, 11) is 0. The number of amides is 1. The number of primary amides is 1. The minimum absolute atomic E-state index is 0.217. The first-order chi connectivity index (χ1) is 11.5. The van der Waals surface area contributed by atoms with Crippen LogP contribution in [-0.2, 0) is 4.79 Å². The smallest absolute Gasteiger partial charge is 0.239 e. The van der Waals surface area contributed by atoms with E-state index in [0.29, 0.717) is 28.4 Å². The first-order valence-corrected chi connectivity index (χ1v) is 7.83. The van der Waals surface area contributed by atoms with E-state index in [-0.39, 0.29) is 6.10 Å². The molecule has 24 heavy (non-hydrogen) atoms. The van der Waals surface area contributed by atoms with Crippen molar-refractivity contribution in [1.82, 2.24) is 5.32 Å². The lowest BCUT2D eigenvalue weighted by Gasteiger charge is -2.20. The van der Waals surface area contributed by atoms with E-state index < -0.39 is 11.9 Å². The van der Waals surface area contributed by atoms with Gasteiger partial charge in [-0.1, -0.05) is 35.9 Å². The number of hydrogen-bond acceptors (Lipinski definition) is 4. The molecule has 0 radical (unpaired) electrons. The number of hydrogen-bond donors (Lipinski definition) is 2. The summed E-state index contributed by atoms with van der Waals surface area (Å²) in [6.07, 6.45) is -0.217. The van der Waals surface area contributed by atoms with Gasteiger partial charge in [0.05, 0.1) is 16.7 Å². The number of nitrogens with zero attached hydrogens (tertiary/aromatic N) is 1. The number of para-hydroxylation sites is 1. The number of nitriles is 1. The standard InChI is InChI=1S/C18H18ClN3O2/c1-12(24-16-5-3-2-4-15(16)19)11-22-17(18(21)23)14-8-6-13(10-20)7-9-14/h2-9,12,17,22H,11H2,1H3,(H2,21,23)/t12-,17+/m1/s1. The third-order valence-electron chi connectivity index (χ3n) is 3.43. The minimum atomic E-state index is -0.657. The number of benzene rings is 2. The van der Waals surface area contributed by atoms with Crippen LogP contribution in [0.4, 0.5) is 0 Å². The number of rotatable bonds is 7. The van der Waals surface area contributed by atoms with Gasteiger partial charge in [-0.25, -0.2) is 0 Å². The van der Waals surface area contributed by atoms with Gasteiger partial charge < -0.3 is 10.5 Å². The summed E-state index contributed by atoms with van der Waals surface area (Å²) in [4.78, 5) is 11.7. The van der Waals surface area contributed by atoms with Crippen LogP contribution < -0.4 is 15.8 Å². The van der Waals surface area contributed by atoms with Gasteiger partial charge in [0.25, 0.3) is 0 Å². The third kappa shape index (κ3) is 4.72. The normalized spacial score (nSPS) is 12.9. The lowest BCUT2D eigenvalue weighted by molar-refractivity contribution is -0.120. The zero-order chi connectivity index (χ0) is 17.5. The molecule has 0 spiro atoms. The van der Waals surface area contributed by atoms with Crippen LogP contribution in [0, 0.1) is 11.3 Å². The van der Waals surface area contributed by atoms with Gasteiger partial charge in [-0.2, -0.15) is 5.26 Å². The maximum absolute atomic E-state index is 11.7. The molecule has 0 heterocycles. The van der Waals surface area contributed by atoms with Crippen molar-refractivity contribution in [2.45, 2.75) is 19.1 Å². The predicted octanol–water partition coefficient (Wildman–Crippen LogP) is 2.80. The highest BCUT2D eigenvalue weighted by Gasteiger charge is 2.18. The Morgan fingerprint density at radius 1 is 1.29 bits per heavy atom. The molecule has 0 aromatic heterocycles. The fourth-order valence-corrected chi connectivity index (χ4v) is 2.40. The van der Waals surface area contributed by atoms with E-state index in [1.807, 2.05) is 25.1 Å². The molecule has 0 aliphatic heterocycles. The van der Waals surface area contributed by atoms with Gasteiger partial charge in [-0.3, -0.25) is 10.1 Å². The number of carbonyl (C=O) groups is 1. The molecule has 1 amide bonds. The molecule has 2 rings (SSSR count).